The summed E-state index contributed by atoms with van der Waals surface area (Å²) >= 11 is 1.66. The first kappa shape index (κ1) is 18.3. The van der Waals surface area contributed by atoms with Crippen molar-refractivity contribution in [3.63, 3.8) is 0 Å². The van der Waals surface area contributed by atoms with Gasteiger partial charge in [-0.3, -0.25) is 0 Å². The van der Waals surface area contributed by atoms with Gasteiger partial charge in [-0.15, -0.1) is 11.3 Å². The summed E-state index contributed by atoms with van der Waals surface area (Å²) < 4.78 is 12.9. The SMILES string of the molecule is COc1ccc(-c2nc(-c3ccc(C)n3Cc3cccc(OC)c3)cs2)cc1. The average molecular weight is 391 g/mol. The molecule has 0 spiro atoms. The molecule has 0 aliphatic rings. The Kier molecular flexibility index (Phi) is 5.17. The number of hydrogen-bond acceptors (Lipinski definition) is 4. The number of ether oxygens (including phenoxy) is 2. The Morgan fingerprint density at radius 1 is 0.929 bits per heavy atom. The summed E-state index contributed by atoms with van der Waals surface area (Å²) in [5.74, 6) is 1.72. The third-order valence-corrected chi connectivity index (χ3v) is 5.67. The number of methoxy groups -OCH3 is 2. The van der Waals surface area contributed by atoms with E-state index in [0.29, 0.717) is 0 Å². The molecular weight excluding hydrogens is 368 g/mol. The molecule has 0 aliphatic heterocycles. The van der Waals surface area contributed by atoms with Crippen molar-refractivity contribution in [1.29, 1.82) is 0 Å². The lowest BCUT2D eigenvalue weighted by Gasteiger charge is -2.11. The highest BCUT2D eigenvalue weighted by Crippen LogP contribution is 2.31. The molecule has 5 heteroatoms. The first-order valence-electron chi connectivity index (χ1n) is 9.07. The lowest BCUT2D eigenvalue weighted by Crippen LogP contribution is -2.04. The zero-order chi connectivity index (χ0) is 19.5. The van der Waals surface area contributed by atoms with Crippen LogP contribution in [0.25, 0.3) is 22.0 Å². The number of nitrogens with zero attached hydrogens (tertiary/aromatic N) is 2. The molecule has 0 aliphatic carbocycles. The minimum absolute atomic E-state index is 0.779. The van der Waals surface area contributed by atoms with Crippen LogP contribution in [0, 0.1) is 6.92 Å². The molecule has 4 aromatic rings. The van der Waals surface area contributed by atoms with Crippen LogP contribution in [0.1, 0.15) is 11.3 Å². The van der Waals surface area contributed by atoms with Crippen molar-refractivity contribution >= 4 is 11.3 Å². The quantitative estimate of drug-likeness (QED) is 0.427. The monoisotopic (exact) mass is 390 g/mol. The van der Waals surface area contributed by atoms with Gasteiger partial charge >= 0.3 is 0 Å². The summed E-state index contributed by atoms with van der Waals surface area (Å²) in [7, 11) is 3.37. The Balaban J connectivity index is 1.64. The standard InChI is InChI=1S/C23H22N2O2S/c1-16-7-12-22(25(16)14-17-5-4-6-20(13-17)27-3)21-15-28-23(24-21)18-8-10-19(26-2)11-9-18/h4-13,15H,14H2,1-3H3. The Bertz CT molecular complexity index is 1080. The molecule has 2 aromatic heterocycles. The van der Waals surface area contributed by atoms with Gasteiger partial charge in [-0.1, -0.05) is 12.1 Å². The summed E-state index contributed by atoms with van der Waals surface area (Å²) in [5.41, 5.74) is 5.62. The second kappa shape index (κ2) is 7.90. The number of benzene rings is 2. The molecule has 4 rings (SSSR count). The molecule has 0 saturated carbocycles. The summed E-state index contributed by atoms with van der Waals surface area (Å²) in [6, 6.07) is 20.5. The third kappa shape index (κ3) is 3.66. The number of thiazole rings is 1. The number of rotatable bonds is 6. The van der Waals surface area contributed by atoms with Gasteiger partial charge in [0.25, 0.3) is 0 Å². The molecule has 142 valence electrons. The number of aromatic nitrogens is 2. The highest BCUT2D eigenvalue weighted by Gasteiger charge is 2.13. The average Bonchev–Trinajstić information content (AvgIpc) is 3.36. The van der Waals surface area contributed by atoms with Gasteiger partial charge in [-0.2, -0.15) is 0 Å². The van der Waals surface area contributed by atoms with Gasteiger partial charge in [0, 0.05) is 23.2 Å². The minimum atomic E-state index is 0.779. The second-order valence-corrected chi connectivity index (χ2v) is 7.42. The normalized spacial score (nSPS) is 10.8. The van der Waals surface area contributed by atoms with Crippen molar-refractivity contribution in [3.05, 3.63) is 77.3 Å². The Labute approximate surface area is 169 Å². The van der Waals surface area contributed by atoms with E-state index in [1.54, 1.807) is 25.6 Å². The Morgan fingerprint density at radius 3 is 2.46 bits per heavy atom. The summed E-state index contributed by atoms with van der Waals surface area (Å²) in [6.45, 7) is 2.90. The van der Waals surface area contributed by atoms with Crippen LogP contribution in [0.5, 0.6) is 11.5 Å². The lowest BCUT2D eigenvalue weighted by atomic mass is 10.2. The topological polar surface area (TPSA) is 36.3 Å². The van der Waals surface area contributed by atoms with E-state index in [1.807, 2.05) is 36.4 Å². The van der Waals surface area contributed by atoms with Gasteiger partial charge in [-0.05, 0) is 61.0 Å². The van der Waals surface area contributed by atoms with Gasteiger partial charge in [0.05, 0.1) is 25.6 Å². The Morgan fingerprint density at radius 2 is 1.71 bits per heavy atom. The smallest absolute Gasteiger partial charge is 0.124 e. The van der Waals surface area contributed by atoms with Crippen molar-refractivity contribution in [2.75, 3.05) is 14.2 Å². The van der Waals surface area contributed by atoms with Crippen molar-refractivity contribution in [1.82, 2.24) is 9.55 Å². The van der Waals surface area contributed by atoms with Crippen molar-refractivity contribution in [2.45, 2.75) is 13.5 Å². The van der Waals surface area contributed by atoms with Crippen LogP contribution < -0.4 is 9.47 Å². The first-order chi connectivity index (χ1) is 13.7. The van der Waals surface area contributed by atoms with Crippen LogP contribution in [0.3, 0.4) is 0 Å². The van der Waals surface area contributed by atoms with E-state index in [-0.39, 0.29) is 0 Å². The molecule has 0 bridgehead atoms. The van der Waals surface area contributed by atoms with Crippen LogP contribution >= 0.6 is 11.3 Å². The molecule has 0 radical (unpaired) electrons. The van der Waals surface area contributed by atoms with Gasteiger partial charge in [0.15, 0.2) is 0 Å². The lowest BCUT2D eigenvalue weighted by molar-refractivity contribution is 0.414. The van der Waals surface area contributed by atoms with Gasteiger partial charge in [0.2, 0.25) is 0 Å². The molecule has 0 fully saturated rings. The molecule has 2 heterocycles. The fourth-order valence-electron chi connectivity index (χ4n) is 3.21. The molecule has 0 atom stereocenters. The fraction of sp³-hybridized carbons (Fsp3) is 0.174. The molecule has 0 N–H and O–H groups in total. The summed E-state index contributed by atoms with van der Waals surface area (Å²) in [5, 5.41) is 3.13. The number of hydrogen-bond donors (Lipinski definition) is 0. The Hall–Kier alpha value is -3.05. The van der Waals surface area contributed by atoms with E-state index in [4.69, 9.17) is 14.5 Å². The molecule has 0 unspecified atom stereocenters. The third-order valence-electron chi connectivity index (χ3n) is 4.78. The fourth-order valence-corrected chi connectivity index (χ4v) is 4.03. The molecule has 28 heavy (non-hydrogen) atoms. The molecular formula is C23H22N2O2S. The molecule has 2 aromatic carbocycles. The van der Waals surface area contributed by atoms with E-state index in [0.717, 1.165) is 40.0 Å². The van der Waals surface area contributed by atoms with Crippen molar-refractivity contribution < 1.29 is 9.47 Å². The van der Waals surface area contributed by atoms with Crippen LogP contribution in [0.15, 0.2) is 66.0 Å². The van der Waals surface area contributed by atoms with Crippen molar-refractivity contribution in [2.24, 2.45) is 0 Å². The molecule has 0 amide bonds. The minimum Gasteiger partial charge on any atom is -0.497 e. The van der Waals surface area contributed by atoms with Crippen LogP contribution in [0.4, 0.5) is 0 Å². The van der Waals surface area contributed by atoms with Crippen molar-refractivity contribution in [3.8, 4) is 33.5 Å². The zero-order valence-corrected chi connectivity index (χ0v) is 17.0. The predicted molar refractivity (Wildman–Crippen MR) is 114 cm³/mol. The van der Waals surface area contributed by atoms with Gasteiger partial charge in [-0.25, -0.2) is 4.98 Å². The highest BCUT2D eigenvalue weighted by atomic mass is 32.1. The van der Waals surface area contributed by atoms with E-state index in [1.165, 1.54) is 11.3 Å². The van der Waals surface area contributed by atoms with Crippen LogP contribution in [-0.4, -0.2) is 23.8 Å². The summed E-state index contributed by atoms with van der Waals surface area (Å²) in [4.78, 5) is 4.89. The van der Waals surface area contributed by atoms with E-state index < -0.39 is 0 Å². The van der Waals surface area contributed by atoms with E-state index in [9.17, 15) is 0 Å². The second-order valence-electron chi connectivity index (χ2n) is 6.56. The maximum Gasteiger partial charge on any atom is 0.124 e. The summed E-state index contributed by atoms with van der Waals surface area (Å²) in [6.07, 6.45) is 0. The van der Waals surface area contributed by atoms with E-state index >= 15 is 0 Å². The maximum atomic E-state index is 5.36. The molecule has 0 saturated heterocycles. The largest absolute Gasteiger partial charge is 0.497 e. The van der Waals surface area contributed by atoms with E-state index in [2.05, 4.69) is 41.1 Å². The predicted octanol–water partition coefficient (Wildman–Crippen LogP) is 5.65. The van der Waals surface area contributed by atoms with Crippen LogP contribution in [-0.2, 0) is 6.54 Å². The highest BCUT2D eigenvalue weighted by molar-refractivity contribution is 7.13. The number of aryl methyl sites for hydroxylation is 1. The van der Waals surface area contributed by atoms with Crippen LogP contribution in [0.2, 0.25) is 0 Å². The molecule has 4 nitrogen and oxygen atoms in total. The van der Waals surface area contributed by atoms with Gasteiger partial charge < -0.3 is 14.0 Å². The van der Waals surface area contributed by atoms with Gasteiger partial charge in [0.1, 0.15) is 16.5 Å². The maximum absolute atomic E-state index is 5.36. The first-order valence-corrected chi connectivity index (χ1v) is 9.95. The zero-order valence-electron chi connectivity index (χ0n) is 16.2.